The number of halogens is 1. The average Bonchev–Trinajstić information content (AvgIpc) is 3.11. The quantitative estimate of drug-likeness (QED) is 0.603. The monoisotopic (exact) mass is 446 g/mol. The van der Waals surface area contributed by atoms with Crippen LogP contribution in [-0.2, 0) is 0 Å². The van der Waals surface area contributed by atoms with Gasteiger partial charge in [-0.05, 0) is 59.7 Å². The van der Waals surface area contributed by atoms with Gasteiger partial charge in [0.1, 0.15) is 12.1 Å². The molecule has 2 atom stereocenters. The Morgan fingerprint density at radius 2 is 2.00 bits per heavy atom. The maximum absolute atomic E-state index is 5.86. The molecule has 5 nitrogen and oxygen atoms in total. The lowest BCUT2D eigenvalue weighted by Crippen LogP contribution is -2.28. The van der Waals surface area contributed by atoms with Gasteiger partial charge in [-0.25, -0.2) is 4.68 Å². The van der Waals surface area contributed by atoms with E-state index in [1.165, 1.54) is 9.13 Å². The van der Waals surface area contributed by atoms with Crippen LogP contribution >= 0.6 is 22.6 Å². The van der Waals surface area contributed by atoms with Crippen LogP contribution in [0.4, 0.5) is 5.95 Å². The highest BCUT2D eigenvalue weighted by atomic mass is 127. The molecule has 2 heterocycles. The molecule has 0 fully saturated rings. The zero-order chi connectivity index (χ0) is 17.2. The molecular formula is C19H19IN4O. The SMILES string of the molecule is CCOc1ccccc1[C@H]1C[C@@H](c2ccc(I)cc2)Nc2ncnn21. The number of ether oxygens (including phenoxy) is 1. The predicted molar refractivity (Wildman–Crippen MR) is 106 cm³/mol. The molecule has 3 aromatic rings. The van der Waals surface area contributed by atoms with Crippen LogP contribution in [0, 0.1) is 3.57 Å². The van der Waals surface area contributed by atoms with Crippen molar-refractivity contribution in [2.75, 3.05) is 11.9 Å². The largest absolute Gasteiger partial charge is 0.494 e. The summed E-state index contributed by atoms with van der Waals surface area (Å²) in [4.78, 5) is 4.40. The van der Waals surface area contributed by atoms with Gasteiger partial charge in [-0.1, -0.05) is 30.3 Å². The number of hydrogen-bond donors (Lipinski definition) is 1. The van der Waals surface area contributed by atoms with Crippen molar-refractivity contribution in [3.63, 3.8) is 0 Å². The minimum Gasteiger partial charge on any atom is -0.494 e. The van der Waals surface area contributed by atoms with E-state index in [4.69, 9.17) is 4.74 Å². The van der Waals surface area contributed by atoms with Crippen LogP contribution in [0.2, 0.25) is 0 Å². The Balaban J connectivity index is 1.74. The summed E-state index contributed by atoms with van der Waals surface area (Å²) < 4.78 is 9.05. The highest BCUT2D eigenvalue weighted by Gasteiger charge is 2.31. The number of para-hydroxylation sites is 1. The lowest BCUT2D eigenvalue weighted by molar-refractivity contribution is 0.325. The summed E-state index contributed by atoms with van der Waals surface area (Å²) in [6.07, 6.45) is 2.50. The Morgan fingerprint density at radius 1 is 1.20 bits per heavy atom. The van der Waals surface area contributed by atoms with Gasteiger partial charge in [-0.15, -0.1) is 0 Å². The molecule has 1 N–H and O–H groups in total. The smallest absolute Gasteiger partial charge is 0.222 e. The maximum Gasteiger partial charge on any atom is 0.222 e. The predicted octanol–water partition coefficient (Wildman–Crippen LogP) is 4.43. The Labute approximate surface area is 160 Å². The molecule has 1 aromatic heterocycles. The molecule has 1 aliphatic heterocycles. The zero-order valence-electron chi connectivity index (χ0n) is 13.9. The number of anilines is 1. The minimum atomic E-state index is 0.0887. The van der Waals surface area contributed by atoms with E-state index in [2.05, 4.69) is 74.4 Å². The molecule has 0 bridgehead atoms. The second-order valence-corrected chi connectivity index (χ2v) is 7.24. The third-order valence-corrected chi connectivity index (χ3v) is 5.20. The first-order chi connectivity index (χ1) is 12.3. The van der Waals surface area contributed by atoms with Crippen LogP contribution < -0.4 is 10.1 Å². The molecule has 0 radical (unpaired) electrons. The van der Waals surface area contributed by atoms with Gasteiger partial charge >= 0.3 is 0 Å². The molecule has 128 valence electrons. The first kappa shape index (κ1) is 16.4. The van der Waals surface area contributed by atoms with E-state index in [0.717, 1.165) is 23.7 Å². The van der Waals surface area contributed by atoms with Crippen molar-refractivity contribution in [3.8, 4) is 5.75 Å². The summed E-state index contributed by atoms with van der Waals surface area (Å²) in [7, 11) is 0. The first-order valence-electron chi connectivity index (χ1n) is 8.39. The first-order valence-corrected chi connectivity index (χ1v) is 9.47. The summed E-state index contributed by atoms with van der Waals surface area (Å²) >= 11 is 2.33. The van der Waals surface area contributed by atoms with Crippen LogP contribution in [0.5, 0.6) is 5.75 Å². The van der Waals surface area contributed by atoms with Crippen molar-refractivity contribution in [2.45, 2.75) is 25.4 Å². The van der Waals surface area contributed by atoms with E-state index >= 15 is 0 Å². The molecule has 1 aliphatic rings. The standard InChI is InChI=1S/C19H19IN4O/c1-2-25-18-6-4-3-5-15(18)17-11-16(13-7-9-14(20)10-8-13)23-19-21-12-22-24(17)19/h3-10,12,16-17H,2,11H2,1H3,(H,21,22,23)/t16-,17+/m0/s1. The van der Waals surface area contributed by atoms with Gasteiger partial charge in [0.05, 0.1) is 18.7 Å². The molecule has 0 amide bonds. The van der Waals surface area contributed by atoms with Crippen molar-refractivity contribution in [2.24, 2.45) is 0 Å². The van der Waals surface area contributed by atoms with Crippen molar-refractivity contribution in [3.05, 3.63) is 69.6 Å². The van der Waals surface area contributed by atoms with Gasteiger partial charge in [-0.3, -0.25) is 0 Å². The molecular weight excluding hydrogens is 427 g/mol. The average molecular weight is 446 g/mol. The van der Waals surface area contributed by atoms with Crippen LogP contribution in [0.25, 0.3) is 0 Å². The van der Waals surface area contributed by atoms with Crippen LogP contribution in [0.1, 0.15) is 36.6 Å². The second kappa shape index (κ2) is 7.03. The van der Waals surface area contributed by atoms with E-state index in [9.17, 15) is 0 Å². The van der Waals surface area contributed by atoms with E-state index in [1.807, 2.05) is 23.7 Å². The zero-order valence-corrected chi connectivity index (χ0v) is 16.1. The van der Waals surface area contributed by atoms with Gasteiger partial charge in [0.15, 0.2) is 0 Å². The molecule has 0 unspecified atom stereocenters. The minimum absolute atomic E-state index is 0.0887. The summed E-state index contributed by atoms with van der Waals surface area (Å²) in [6, 6.07) is 17.1. The molecule has 6 heteroatoms. The van der Waals surface area contributed by atoms with Gasteiger partial charge in [-0.2, -0.15) is 10.1 Å². The lowest BCUT2D eigenvalue weighted by Gasteiger charge is -2.32. The second-order valence-electron chi connectivity index (χ2n) is 6.00. The van der Waals surface area contributed by atoms with Crippen molar-refractivity contribution >= 4 is 28.5 Å². The Kier molecular flexibility index (Phi) is 4.61. The summed E-state index contributed by atoms with van der Waals surface area (Å²) in [5, 5.41) is 7.95. The van der Waals surface area contributed by atoms with E-state index in [0.29, 0.717) is 6.61 Å². The number of nitrogens with one attached hydrogen (secondary N) is 1. The fourth-order valence-corrected chi connectivity index (χ4v) is 3.69. The summed E-state index contributed by atoms with van der Waals surface area (Å²) in [6.45, 7) is 2.65. The fourth-order valence-electron chi connectivity index (χ4n) is 3.34. The van der Waals surface area contributed by atoms with Gasteiger partial charge < -0.3 is 10.1 Å². The number of hydrogen-bond acceptors (Lipinski definition) is 4. The highest BCUT2D eigenvalue weighted by Crippen LogP contribution is 2.40. The Morgan fingerprint density at radius 3 is 2.80 bits per heavy atom. The van der Waals surface area contributed by atoms with Gasteiger partial charge in [0.25, 0.3) is 0 Å². The van der Waals surface area contributed by atoms with Crippen LogP contribution in [-0.4, -0.2) is 21.4 Å². The van der Waals surface area contributed by atoms with Crippen LogP contribution in [0.3, 0.4) is 0 Å². The number of rotatable bonds is 4. The molecule has 0 saturated heterocycles. The third-order valence-electron chi connectivity index (χ3n) is 4.48. The van der Waals surface area contributed by atoms with Crippen molar-refractivity contribution in [1.29, 1.82) is 0 Å². The summed E-state index contributed by atoms with van der Waals surface area (Å²) in [5.74, 6) is 1.71. The molecule has 0 aliphatic carbocycles. The Bertz CT molecular complexity index is 862. The van der Waals surface area contributed by atoms with Crippen LogP contribution in [0.15, 0.2) is 54.9 Å². The van der Waals surface area contributed by atoms with Crippen molar-refractivity contribution < 1.29 is 4.74 Å². The van der Waals surface area contributed by atoms with E-state index in [1.54, 1.807) is 6.33 Å². The molecule has 0 spiro atoms. The van der Waals surface area contributed by atoms with Crippen molar-refractivity contribution in [1.82, 2.24) is 14.8 Å². The normalized spacial score (nSPS) is 19.1. The van der Waals surface area contributed by atoms with Gasteiger partial charge in [0, 0.05) is 9.13 Å². The lowest BCUT2D eigenvalue weighted by atomic mass is 9.93. The molecule has 25 heavy (non-hydrogen) atoms. The third kappa shape index (κ3) is 3.22. The maximum atomic E-state index is 5.86. The summed E-state index contributed by atoms with van der Waals surface area (Å²) in [5.41, 5.74) is 2.40. The Hall–Kier alpha value is -2.09. The number of fused-ring (bicyclic) bond motifs is 1. The number of nitrogens with zero attached hydrogens (tertiary/aromatic N) is 3. The molecule has 0 saturated carbocycles. The molecule has 2 aromatic carbocycles. The van der Waals surface area contributed by atoms with Gasteiger partial charge in [0.2, 0.25) is 5.95 Å². The molecule has 4 rings (SSSR count). The fraction of sp³-hybridized carbons (Fsp3) is 0.263. The number of aromatic nitrogens is 3. The van der Waals surface area contributed by atoms with E-state index < -0.39 is 0 Å². The van der Waals surface area contributed by atoms with E-state index in [-0.39, 0.29) is 12.1 Å². The topological polar surface area (TPSA) is 52.0 Å². The number of benzene rings is 2. The highest BCUT2D eigenvalue weighted by molar-refractivity contribution is 14.1.